The lowest BCUT2D eigenvalue weighted by Crippen LogP contribution is -2.25. The van der Waals surface area contributed by atoms with Gasteiger partial charge in [0.2, 0.25) is 0 Å². The third-order valence-electron chi connectivity index (χ3n) is 4.05. The zero-order chi connectivity index (χ0) is 14.4. The number of benzene rings is 2. The number of aryl methyl sites for hydroxylation is 2. The Bertz CT molecular complexity index is 822. The molecular weight excluding hydrogens is 262 g/mol. The highest BCUT2D eigenvalue weighted by Gasteiger charge is 2.25. The maximum atomic E-state index is 6.12. The van der Waals surface area contributed by atoms with Crippen molar-refractivity contribution < 1.29 is 4.74 Å². The lowest BCUT2D eigenvalue weighted by Gasteiger charge is -2.26. The molecular formula is C17H17N3O. The molecule has 1 N–H and O–H groups in total. The summed E-state index contributed by atoms with van der Waals surface area (Å²) in [7, 11) is 2.06. The van der Waals surface area contributed by atoms with Gasteiger partial charge in [0.05, 0.1) is 23.3 Å². The molecule has 1 aliphatic rings. The second kappa shape index (κ2) is 4.52. The quantitative estimate of drug-likeness (QED) is 0.741. The maximum absolute atomic E-state index is 6.12. The second-order valence-electron chi connectivity index (χ2n) is 5.46. The van der Waals surface area contributed by atoms with Gasteiger partial charge >= 0.3 is 0 Å². The van der Waals surface area contributed by atoms with E-state index in [4.69, 9.17) is 9.72 Å². The van der Waals surface area contributed by atoms with E-state index in [2.05, 4.69) is 36.0 Å². The number of rotatable bonds is 1. The van der Waals surface area contributed by atoms with Crippen molar-refractivity contribution in [1.82, 2.24) is 9.55 Å². The van der Waals surface area contributed by atoms with Gasteiger partial charge in [0.15, 0.2) is 11.9 Å². The van der Waals surface area contributed by atoms with Crippen LogP contribution in [0.3, 0.4) is 0 Å². The summed E-state index contributed by atoms with van der Waals surface area (Å²) in [5.41, 5.74) is 4.48. The van der Waals surface area contributed by atoms with Crippen molar-refractivity contribution in [2.24, 2.45) is 7.05 Å². The molecule has 1 unspecified atom stereocenters. The summed E-state index contributed by atoms with van der Waals surface area (Å²) >= 11 is 0. The molecule has 0 aliphatic carbocycles. The molecule has 0 bridgehead atoms. The number of hydrogen-bond donors (Lipinski definition) is 1. The van der Waals surface area contributed by atoms with Crippen LogP contribution in [0, 0.1) is 6.92 Å². The Morgan fingerprint density at radius 3 is 2.90 bits per heavy atom. The van der Waals surface area contributed by atoms with Gasteiger partial charge in [0.1, 0.15) is 5.75 Å². The van der Waals surface area contributed by atoms with Crippen molar-refractivity contribution in [2.45, 2.75) is 13.0 Å². The molecule has 4 rings (SSSR count). The van der Waals surface area contributed by atoms with Crippen LogP contribution in [0.25, 0.3) is 11.0 Å². The fourth-order valence-corrected chi connectivity index (χ4v) is 3.03. The highest BCUT2D eigenvalue weighted by atomic mass is 16.5. The minimum absolute atomic E-state index is 0.0725. The lowest BCUT2D eigenvalue weighted by atomic mass is 10.2. The molecule has 0 saturated carbocycles. The number of hydrogen-bond acceptors (Lipinski definition) is 3. The Labute approximate surface area is 123 Å². The highest BCUT2D eigenvalue weighted by molar-refractivity contribution is 5.79. The monoisotopic (exact) mass is 279 g/mol. The Morgan fingerprint density at radius 2 is 2.05 bits per heavy atom. The van der Waals surface area contributed by atoms with Crippen LogP contribution in [0.1, 0.15) is 17.5 Å². The molecule has 2 heterocycles. The molecule has 0 radical (unpaired) electrons. The topological polar surface area (TPSA) is 39.1 Å². The van der Waals surface area contributed by atoms with Gasteiger partial charge < -0.3 is 14.6 Å². The van der Waals surface area contributed by atoms with Crippen molar-refractivity contribution in [1.29, 1.82) is 0 Å². The fourth-order valence-electron chi connectivity index (χ4n) is 3.03. The number of anilines is 1. The van der Waals surface area contributed by atoms with Crippen molar-refractivity contribution >= 4 is 16.7 Å². The number of fused-ring (bicyclic) bond motifs is 2. The first kappa shape index (κ1) is 12.3. The van der Waals surface area contributed by atoms with E-state index in [1.165, 1.54) is 11.1 Å². The average molecular weight is 279 g/mol. The molecule has 1 atom stereocenters. The van der Waals surface area contributed by atoms with E-state index in [0.29, 0.717) is 0 Å². The van der Waals surface area contributed by atoms with Crippen molar-refractivity contribution in [3.63, 3.8) is 0 Å². The van der Waals surface area contributed by atoms with Crippen LogP contribution in [-0.4, -0.2) is 16.1 Å². The Hall–Kier alpha value is -2.49. The smallest absolute Gasteiger partial charge is 0.173 e. The number of imidazole rings is 1. The molecule has 0 fully saturated rings. The Balaban J connectivity index is 1.78. The van der Waals surface area contributed by atoms with E-state index in [0.717, 1.165) is 29.3 Å². The summed E-state index contributed by atoms with van der Waals surface area (Å²) in [6.45, 7) is 2.84. The van der Waals surface area contributed by atoms with Gasteiger partial charge in [-0.25, -0.2) is 4.98 Å². The number of nitrogens with one attached hydrogen (secondary N) is 1. The number of nitrogens with zero attached hydrogens (tertiary/aromatic N) is 2. The van der Waals surface area contributed by atoms with Gasteiger partial charge in [-0.2, -0.15) is 0 Å². The third-order valence-corrected chi connectivity index (χ3v) is 4.05. The minimum atomic E-state index is -0.0725. The molecule has 3 aromatic rings. The number of aromatic nitrogens is 2. The molecule has 1 aliphatic heterocycles. The van der Waals surface area contributed by atoms with E-state index in [1.54, 1.807) is 0 Å². The molecule has 4 heteroatoms. The van der Waals surface area contributed by atoms with Crippen LogP contribution in [0.2, 0.25) is 0 Å². The summed E-state index contributed by atoms with van der Waals surface area (Å²) in [6, 6.07) is 14.2. The van der Waals surface area contributed by atoms with Crippen molar-refractivity contribution in [2.75, 3.05) is 11.9 Å². The molecule has 4 nitrogen and oxygen atoms in total. The van der Waals surface area contributed by atoms with Gasteiger partial charge in [-0.3, -0.25) is 0 Å². The molecule has 2 aromatic carbocycles. The Kier molecular flexibility index (Phi) is 2.64. The SMILES string of the molecule is Cc1cccc2nc(C3CNc4ccccc4O3)n(C)c12. The lowest BCUT2D eigenvalue weighted by molar-refractivity contribution is 0.197. The molecule has 0 amide bonds. The summed E-state index contributed by atoms with van der Waals surface area (Å²) < 4.78 is 8.27. The molecule has 21 heavy (non-hydrogen) atoms. The predicted molar refractivity (Wildman–Crippen MR) is 83.8 cm³/mol. The predicted octanol–water partition coefficient (Wildman–Crippen LogP) is 3.43. The summed E-state index contributed by atoms with van der Waals surface area (Å²) in [4.78, 5) is 4.77. The normalized spacial score (nSPS) is 17.1. The van der Waals surface area contributed by atoms with Crippen molar-refractivity contribution in [3.8, 4) is 5.75 Å². The second-order valence-corrected chi connectivity index (χ2v) is 5.46. The summed E-state index contributed by atoms with van der Waals surface area (Å²) in [5, 5.41) is 3.42. The molecule has 0 spiro atoms. The zero-order valence-corrected chi connectivity index (χ0v) is 12.1. The first-order valence-electron chi connectivity index (χ1n) is 7.15. The van der Waals surface area contributed by atoms with Crippen LogP contribution in [-0.2, 0) is 7.05 Å². The molecule has 0 saturated heterocycles. The van der Waals surface area contributed by atoms with E-state index in [-0.39, 0.29) is 6.10 Å². The maximum Gasteiger partial charge on any atom is 0.173 e. The zero-order valence-electron chi connectivity index (χ0n) is 12.1. The van der Waals surface area contributed by atoms with E-state index in [1.807, 2.05) is 30.3 Å². The Morgan fingerprint density at radius 1 is 1.19 bits per heavy atom. The summed E-state index contributed by atoms with van der Waals surface area (Å²) in [6.07, 6.45) is -0.0725. The highest BCUT2D eigenvalue weighted by Crippen LogP contribution is 2.34. The number of para-hydroxylation sites is 3. The number of ether oxygens (including phenoxy) is 1. The van der Waals surface area contributed by atoms with Crippen LogP contribution in [0.15, 0.2) is 42.5 Å². The third kappa shape index (κ3) is 1.87. The van der Waals surface area contributed by atoms with Gasteiger partial charge in [-0.15, -0.1) is 0 Å². The molecule has 1 aromatic heterocycles. The standard InChI is InChI=1S/C17H17N3O/c1-11-6-5-8-13-16(11)20(2)17(19-13)15-10-18-12-7-3-4-9-14(12)21-15/h3-9,15,18H,10H2,1-2H3. The van der Waals surface area contributed by atoms with E-state index < -0.39 is 0 Å². The van der Waals surface area contributed by atoms with Gasteiger partial charge in [0.25, 0.3) is 0 Å². The fraction of sp³-hybridized carbons (Fsp3) is 0.235. The van der Waals surface area contributed by atoms with Crippen molar-refractivity contribution in [3.05, 3.63) is 53.9 Å². The van der Waals surface area contributed by atoms with Crippen LogP contribution in [0.4, 0.5) is 5.69 Å². The van der Waals surface area contributed by atoms with E-state index in [9.17, 15) is 0 Å². The van der Waals surface area contributed by atoms with Gasteiger partial charge in [-0.1, -0.05) is 24.3 Å². The molecule has 106 valence electrons. The summed E-state index contributed by atoms with van der Waals surface area (Å²) in [5.74, 6) is 1.85. The van der Waals surface area contributed by atoms with E-state index >= 15 is 0 Å². The van der Waals surface area contributed by atoms with Gasteiger partial charge in [0, 0.05) is 7.05 Å². The minimum Gasteiger partial charge on any atom is -0.478 e. The largest absolute Gasteiger partial charge is 0.478 e. The van der Waals surface area contributed by atoms with Crippen LogP contribution in [0.5, 0.6) is 5.75 Å². The van der Waals surface area contributed by atoms with Crippen LogP contribution >= 0.6 is 0 Å². The van der Waals surface area contributed by atoms with Gasteiger partial charge in [-0.05, 0) is 30.7 Å². The first-order chi connectivity index (χ1) is 10.2. The van der Waals surface area contributed by atoms with Crippen LogP contribution < -0.4 is 10.1 Å². The first-order valence-corrected chi connectivity index (χ1v) is 7.15. The average Bonchev–Trinajstić information content (AvgIpc) is 2.85.